The van der Waals surface area contributed by atoms with Crippen LogP contribution in [0.4, 0.5) is 0 Å². The van der Waals surface area contributed by atoms with Crippen molar-refractivity contribution >= 4 is 0 Å². The first-order valence-electron chi connectivity index (χ1n) is 6.04. The van der Waals surface area contributed by atoms with Crippen LogP contribution in [-0.2, 0) is 12.8 Å². The van der Waals surface area contributed by atoms with E-state index in [1.54, 1.807) is 0 Å². The van der Waals surface area contributed by atoms with Crippen molar-refractivity contribution in [1.82, 2.24) is 0 Å². The minimum absolute atomic E-state index is 0.279. The van der Waals surface area contributed by atoms with Gasteiger partial charge in [0.1, 0.15) is 0 Å². The van der Waals surface area contributed by atoms with Crippen molar-refractivity contribution in [1.29, 1.82) is 0 Å². The molecule has 0 fully saturated rings. The molecule has 15 heavy (non-hydrogen) atoms. The third kappa shape index (κ3) is 2.40. The third-order valence-electron chi connectivity index (χ3n) is 3.21. The molecule has 0 aromatic heterocycles. The van der Waals surface area contributed by atoms with Crippen LogP contribution < -0.4 is 5.73 Å². The summed E-state index contributed by atoms with van der Waals surface area (Å²) in [5.74, 6) is 0.725. The van der Waals surface area contributed by atoms with Crippen LogP contribution >= 0.6 is 0 Å². The van der Waals surface area contributed by atoms with E-state index in [0.29, 0.717) is 0 Å². The lowest BCUT2D eigenvalue weighted by atomic mass is 9.86. The van der Waals surface area contributed by atoms with Crippen LogP contribution in [-0.4, -0.2) is 0 Å². The zero-order valence-electron chi connectivity index (χ0n) is 9.79. The SMILES string of the molecule is CC(C)Cc1ccc2c(c1)[C@H](N)CCC2. The number of hydrogen-bond acceptors (Lipinski definition) is 1. The van der Waals surface area contributed by atoms with Crippen LogP contribution in [0.15, 0.2) is 18.2 Å². The quantitative estimate of drug-likeness (QED) is 0.784. The molecule has 0 heterocycles. The van der Waals surface area contributed by atoms with Crippen LogP contribution in [0.1, 0.15) is 49.4 Å². The number of aryl methyl sites for hydroxylation is 1. The molecule has 1 aromatic carbocycles. The number of fused-ring (bicyclic) bond motifs is 1. The van der Waals surface area contributed by atoms with Crippen LogP contribution in [0.5, 0.6) is 0 Å². The summed E-state index contributed by atoms with van der Waals surface area (Å²) in [6, 6.07) is 7.17. The van der Waals surface area contributed by atoms with E-state index < -0.39 is 0 Å². The molecule has 0 amide bonds. The molecule has 0 saturated carbocycles. The lowest BCUT2D eigenvalue weighted by molar-refractivity contribution is 0.567. The number of benzene rings is 1. The summed E-state index contributed by atoms with van der Waals surface area (Å²) in [6.45, 7) is 4.53. The zero-order chi connectivity index (χ0) is 10.8. The molecule has 1 aromatic rings. The van der Waals surface area contributed by atoms with Gasteiger partial charge in [0.15, 0.2) is 0 Å². The highest BCUT2D eigenvalue weighted by atomic mass is 14.6. The van der Waals surface area contributed by atoms with Gasteiger partial charge in [0, 0.05) is 6.04 Å². The molecule has 1 nitrogen and oxygen atoms in total. The van der Waals surface area contributed by atoms with E-state index in [-0.39, 0.29) is 6.04 Å². The first kappa shape index (κ1) is 10.7. The molecule has 2 N–H and O–H groups in total. The van der Waals surface area contributed by atoms with Gasteiger partial charge in [-0.2, -0.15) is 0 Å². The minimum atomic E-state index is 0.279. The maximum absolute atomic E-state index is 6.15. The highest BCUT2D eigenvalue weighted by molar-refractivity contribution is 5.36. The summed E-state index contributed by atoms with van der Waals surface area (Å²) in [5.41, 5.74) is 10.5. The normalized spacial score (nSPS) is 20.4. The van der Waals surface area contributed by atoms with Gasteiger partial charge in [-0.3, -0.25) is 0 Å². The molecule has 0 aliphatic heterocycles. The van der Waals surface area contributed by atoms with E-state index in [1.165, 1.54) is 36.0 Å². The van der Waals surface area contributed by atoms with Crippen LogP contribution in [0.25, 0.3) is 0 Å². The average Bonchev–Trinajstić information content (AvgIpc) is 2.18. The summed E-state index contributed by atoms with van der Waals surface area (Å²) in [7, 11) is 0. The molecule has 0 saturated heterocycles. The highest BCUT2D eigenvalue weighted by Gasteiger charge is 2.16. The van der Waals surface area contributed by atoms with Crippen molar-refractivity contribution in [3.05, 3.63) is 34.9 Å². The van der Waals surface area contributed by atoms with Crippen molar-refractivity contribution in [2.75, 3.05) is 0 Å². The molecular formula is C14H21N. The fourth-order valence-electron chi connectivity index (χ4n) is 2.48. The van der Waals surface area contributed by atoms with Gasteiger partial charge < -0.3 is 5.73 Å². The molecule has 1 aliphatic rings. The summed E-state index contributed by atoms with van der Waals surface area (Å²) in [5, 5.41) is 0. The van der Waals surface area contributed by atoms with Crippen molar-refractivity contribution in [3.8, 4) is 0 Å². The monoisotopic (exact) mass is 203 g/mol. The van der Waals surface area contributed by atoms with E-state index in [9.17, 15) is 0 Å². The van der Waals surface area contributed by atoms with Gasteiger partial charge in [-0.1, -0.05) is 32.0 Å². The Hall–Kier alpha value is -0.820. The number of rotatable bonds is 2. The summed E-state index contributed by atoms with van der Waals surface area (Å²) in [6.07, 6.45) is 4.78. The molecule has 0 unspecified atom stereocenters. The van der Waals surface area contributed by atoms with Gasteiger partial charge >= 0.3 is 0 Å². The van der Waals surface area contributed by atoms with Crippen LogP contribution in [0.2, 0.25) is 0 Å². The van der Waals surface area contributed by atoms with Gasteiger partial charge in [0.2, 0.25) is 0 Å². The molecular weight excluding hydrogens is 182 g/mol. The number of hydrogen-bond donors (Lipinski definition) is 1. The van der Waals surface area contributed by atoms with E-state index >= 15 is 0 Å². The summed E-state index contributed by atoms with van der Waals surface area (Å²) >= 11 is 0. The van der Waals surface area contributed by atoms with Gasteiger partial charge in [0.05, 0.1) is 0 Å². The van der Waals surface area contributed by atoms with Gasteiger partial charge in [-0.25, -0.2) is 0 Å². The Morgan fingerprint density at radius 2 is 2.20 bits per heavy atom. The van der Waals surface area contributed by atoms with E-state index in [4.69, 9.17) is 5.73 Å². The lowest BCUT2D eigenvalue weighted by Crippen LogP contribution is -2.17. The topological polar surface area (TPSA) is 26.0 Å². The molecule has 1 aliphatic carbocycles. The Morgan fingerprint density at radius 1 is 1.40 bits per heavy atom. The molecule has 2 rings (SSSR count). The van der Waals surface area contributed by atoms with E-state index in [2.05, 4.69) is 32.0 Å². The second-order valence-electron chi connectivity index (χ2n) is 5.13. The Kier molecular flexibility index (Phi) is 3.11. The summed E-state index contributed by atoms with van der Waals surface area (Å²) in [4.78, 5) is 0. The molecule has 0 radical (unpaired) electrons. The van der Waals surface area contributed by atoms with Crippen molar-refractivity contribution in [2.45, 2.75) is 45.6 Å². The predicted octanol–water partition coefficient (Wildman–Crippen LogP) is 3.22. The second kappa shape index (κ2) is 4.36. The highest BCUT2D eigenvalue weighted by Crippen LogP contribution is 2.29. The van der Waals surface area contributed by atoms with E-state index in [0.717, 1.165) is 12.3 Å². The molecule has 0 spiro atoms. The van der Waals surface area contributed by atoms with Crippen molar-refractivity contribution in [2.24, 2.45) is 11.7 Å². The van der Waals surface area contributed by atoms with E-state index in [1.807, 2.05) is 0 Å². The largest absolute Gasteiger partial charge is 0.324 e. The molecule has 1 heteroatoms. The third-order valence-corrected chi connectivity index (χ3v) is 3.21. The van der Waals surface area contributed by atoms with Crippen LogP contribution in [0, 0.1) is 5.92 Å². The standard InChI is InChI=1S/C14H21N/c1-10(2)8-11-6-7-12-4-3-5-14(15)13(12)9-11/h6-7,9-10,14H,3-5,8,15H2,1-2H3/t14-/m1/s1. The Morgan fingerprint density at radius 3 is 2.93 bits per heavy atom. The van der Waals surface area contributed by atoms with Gasteiger partial charge in [0.25, 0.3) is 0 Å². The summed E-state index contributed by atoms with van der Waals surface area (Å²) < 4.78 is 0. The number of nitrogens with two attached hydrogens (primary N) is 1. The maximum Gasteiger partial charge on any atom is 0.0297 e. The second-order valence-corrected chi connectivity index (χ2v) is 5.13. The minimum Gasteiger partial charge on any atom is -0.324 e. The lowest BCUT2D eigenvalue weighted by Gasteiger charge is -2.23. The fraction of sp³-hybridized carbons (Fsp3) is 0.571. The Balaban J connectivity index is 2.27. The Labute approximate surface area is 92.7 Å². The molecule has 0 bridgehead atoms. The zero-order valence-corrected chi connectivity index (χ0v) is 9.79. The smallest absolute Gasteiger partial charge is 0.0297 e. The fourth-order valence-corrected chi connectivity index (χ4v) is 2.48. The van der Waals surface area contributed by atoms with Gasteiger partial charge in [-0.05, 0) is 48.3 Å². The Bertz CT molecular complexity index is 341. The maximum atomic E-state index is 6.15. The van der Waals surface area contributed by atoms with Gasteiger partial charge in [-0.15, -0.1) is 0 Å². The van der Waals surface area contributed by atoms with Crippen molar-refractivity contribution in [3.63, 3.8) is 0 Å². The molecule has 1 atom stereocenters. The molecule has 82 valence electrons. The average molecular weight is 203 g/mol. The first-order valence-corrected chi connectivity index (χ1v) is 6.04. The first-order chi connectivity index (χ1) is 7.16. The van der Waals surface area contributed by atoms with Crippen LogP contribution in [0.3, 0.4) is 0 Å². The van der Waals surface area contributed by atoms with Crippen molar-refractivity contribution < 1.29 is 0 Å². The predicted molar refractivity (Wildman–Crippen MR) is 64.9 cm³/mol.